The first kappa shape index (κ1) is 21.4. The summed E-state index contributed by atoms with van der Waals surface area (Å²) in [6.07, 6.45) is 3.87. The van der Waals surface area contributed by atoms with Crippen LogP contribution in [0, 0.1) is 0 Å². The maximum Gasteiger partial charge on any atom is 0.257 e. The summed E-state index contributed by atoms with van der Waals surface area (Å²) >= 11 is 14.2. The van der Waals surface area contributed by atoms with E-state index in [-0.39, 0.29) is 5.91 Å². The average Bonchev–Trinajstić information content (AvgIpc) is 3.22. The molecule has 3 N–H and O–H groups in total. The van der Waals surface area contributed by atoms with Crippen LogP contribution in [-0.2, 0) is 0 Å². The number of anilines is 2. The van der Waals surface area contributed by atoms with Gasteiger partial charge in [0.1, 0.15) is 5.75 Å². The number of ether oxygens (including phenoxy) is 1. The highest BCUT2D eigenvalue weighted by atomic mass is 35.5. The van der Waals surface area contributed by atoms with E-state index in [1.54, 1.807) is 49.3 Å². The summed E-state index contributed by atoms with van der Waals surface area (Å²) in [4.78, 5) is 16.7. The van der Waals surface area contributed by atoms with Crippen LogP contribution in [0.15, 0.2) is 53.3 Å². The van der Waals surface area contributed by atoms with Gasteiger partial charge in [-0.2, -0.15) is 0 Å². The zero-order chi connectivity index (χ0) is 20.8. The van der Waals surface area contributed by atoms with Crippen molar-refractivity contribution in [3.05, 3.63) is 64.0 Å². The van der Waals surface area contributed by atoms with E-state index in [9.17, 15) is 4.79 Å². The minimum Gasteiger partial charge on any atom is -0.454 e. The maximum atomic E-state index is 12.8. The maximum absolute atomic E-state index is 12.8. The summed E-state index contributed by atoms with van der Waals surface area (Å²) in [5.41, 5.74) is 7.33. The van der Waals surface area contributed by atoms with Gasteiger partial charge in [-0.05, 0) is 48.7 Å². The summed E-state index contributed by atoms with van der Waals surface area (Å²) in [6.45, 7) is 0.945. The molecular weight excluding hydrogens is 431 g/mol. The van der Waals surface area contributed by atoms with E-state index in [2.05, 4.69) is 14.6 Å². The molecule has 0 atom stereocenters. The predicted octanol–water partition coefficient (Wildman–Crippen LogP) is 4.98. The number of carbonyl (C=O) groups is 1. The van der Waals surface area contributed by atoms with Crippen molar-refractivity contribution in [3.63, 3.8) is 0 Å². The van der Waals surface area contributed by atoms with Gasteiger partial charge < -0.3 is 20.1 Å². The van der Waals surface area contributed by atoms with Gasteiger partial charge in [-0.3, -0.25) is 9.79 Å². The van der Waals surface area contributed by atoms with Crippen molar-refractivity contribution in [3.8, 4) is 5.75 Å². The molecule has 9 heteroatoms. The molecule has 1 aliphatic heterocycles. The third-order valence-electron chi connectivity index (χ3n) is 4.02. The molecule has 152 valence electrons. The van der Waals surface area contributed by atoms with E-state index in [1.807, 2.05) is 6.07 Å². The van der Waals surface area contributed by atoms with Crippen LogP contribution >= 0.6 is 35.1 Å². The largest absolute Gasteiger partial charge is 0.454 e. The Morgan fingerprint density at radius 3 is 2.83 bits per heavy atom. The smallest absolute Gasteiger partial charge is 0.257 e. The van der Waals surface area contributed by atoms with Crippen LogP contribution in [-0.4, -0.2) is 31.5 Å². The minimum atomic E-state index is -0.334. The highest BCUT2D eigenvalue weighted by Gasteiger charge is 2.18. The zero-order valence-corrected chi connectivity index (χ0v) is 18.0. The summed E-state index contributed by atoms with van der Waals surface area (Å²) in [5, 5.41) is 3.60. The number of rotatable bonds is 6. The van der Waals surface area contributed by atoms with Gasteiger partial charge in [0.05, 0.1) is 16.8 Å². The minimum absolute atomic E-state index is 0.334. The van der Waals surface area contributed by atoms with Gasteiger partial charge >= 0.3 is 0 Å². The second kappa shape index (κ2) is 9.91. The van der Waals surface area contributed by atoms with Gasteiger partial charge in [-0.15, -0.1) is 0 Å². The van der Waals surface area contributed by atoms with Crippen LogP contribution in [0.2, 0.25) is 10.0 Å². The van der Waals surface area contributed by atoms with Crippen LogP contribution in [0.5, 0.6) is 5.75 Å². The number of hydrogen-bond donors (Lipinski definition) is 2. The molecule has 0 spiro atoms. The van der Waals surface area contributed by atoms with Gasteiger partial charge in [0.2, 0.25) is 0 Å². The van der Waals surface area contributed by atoms with Crippen molar-refractivity contribution < 1.29 is 9.53 Å². The zero-order valence-electron chi connectivity index (χ0n) is 15.7. The summed E-state index contributed by atoms with van der Waals surface area (Å²) < 4.78 is 7.80. The number of allylic oxidation sites excluding steroid dienone is 1. The Kier molecular flexibility index (Phi) is 7.30. The molecule has 2 aromatic rings. The van der Waals surface area contributed by atoms with Crippen molar-refractivity contribution in [1.29, 1.82) is 0 Å². The van der Waals surface area contributed by atoms with Gasteiger partial charge in [-0.1, -0.05) is 23.2 Å². The Labute approximate surface area is 183 Å². The molecule has 0 radical (unpaired) electrons. The van der Waals surface area contributed by atoms with Gasteiger partial charge in [0.25, 0.3) is 5.91 Å². The van der Waals surface area contributed by atoms with Crippen molar-refractivity contribution >= 4 is 58.6 Å². The molecule has 0 unspecified atom stereocenters. The second-order valence-electron chi connectivity index (χ2n) is 6.14. The lowest BCUT2D eigenvalue weighted by atomic mass is 10.1. The molecule has 0 aromatic heterocycles. The molecule has 0 aliphatic carbocycles. The van der Waals surface area contributed by atoms with E-state index in [1.165, 1.54) is 12.4 Å². The van der Waals surface area contributed by atoms with E-state index >= 15 is 0 Å². The number of carbonyl (C=O) groups excluding carboxylic acids is 1. The van der Waals surface area contributed by atoms with E-state index < -0.39 is 0 Å². The highest BCUT2D eigenvalue weighted by Crippen LogP contribution is 2.32. The van der Waals surface area contributed by atoms with Crippen LogP contribution in [0.3, 0.4) is 0 Å². The number of halogens is 2. The lowest BCUT2D eigenvalue weighted by Crippen LogP contribution is -2.15. The Morgan fingerprint density at radius 2 is 2.14 bits per heavy atom. The van der Waals surface area contributed by atoms with Gasteiger partial charge in [0.15, 0.2) is 5.76 Å². The van der Waals surface area contributed by atoms with E-state index in [4.69, 9.17) is 33.7 Å². The molecule has 6 nitrogen and oxygen atoms in total. The quantitative estimate of drug-likeness (QED) is 0.368. The Morgan fingerprint density at radius 1 is 1.31 bits per heavy atom. The lowest BCUT2D eigenvalue weighted by molar-refractivity contribution is 0.102. The molecule has 1 heterocycles. The number of nitrogens with two attached hydrogens (primary N) is 1. The van der Waals surface area contributed by atoms with Crippen LogP contribution in [0.25, 0.3) is 0 Å². The summed E-state index contributed by atoms with van der Waals surface area (Å²) in [5.74, 6) is 1.50. The molecule has 1 aliphatic rings. The number of nitrogens with zero attached hydrogens (tertiary/aromatic N) is 2. The SMILES string of the molecule is CN=CC(=CN)Oc1cc(Cl)cc(NC(=O)c2cc(N3CCCS3)ccc2Cl)c1. The van der Waals surface area contributed by atoms with Crippen molar-refractivity contribution in [1.82, 2.24) is 0 Å². The highest BCUT2D eigenvalue weighted by molar-refractivity contribution is 8.00. The first-order valence-electron chi connectivity index (χ1n) is 8.84. The average molecular weight is 451 g/mol. The number of hydrogen-bond acceptors (Lipinski definition) is 6. The number of benzene rings is 2. The standard InChI is InChI=1S/C20H20Cl2N4O2S/c1-24-12-17(11-23)28-16-8-13(21)7-14(9-16)25-20(27)18-10-15(3-4-19(18)22)26-5-2-6-29-26/h3-4,7-12H,2,5-6,23H2,1H3,(H,25,27). The van der Waals surface area contributed by atoms with Gasteiger partial charge in [0, 0.05) is 48.0 Å². The lowest BCUT2D eigenvalue weighted by Gasteiger charge is -2.17. The first-order chi connectivity index (χ1) is 14.0. The molecule has 3 rings (SSSR count). The molecule has 29 heavy (non-hydrogen) atoms. The fourth-order valence-electron chi connectivity index (χ4n) is 2.75. The summed E-state index contributed by atoms with van der Waals surface area (Å²) in [7, 11) is 1.61. The monoisotopic (exact) mass is 450 g/mol. The summed E-state index contributed by atoms with van der Waals surface area (Å²) in [6, 6.07) is 10.3. The van der Waals surface area contributed by atoms with Crippen molar-refractivity contribution in [2.75, 3.05) is 29.0 Å². The Balaban J connectivity index is 1.81. The molecule has 1 fully saturated rings. The third kappa shape index (κ3) is 5.59. The van der Waals surface area contributed by atoms with Crippen LogP contribution < -0.4 is 20.1 Å². The second-order valence-corrected chi connectivity index (χ2v) is 8.09. The van der Waals surface area contributed by atoms with Crippen molar-refractivity contribution in [2.24, 2.45) is 10.7 Å². The normalized spacial score (nSPS) is 14.4. The molecule has 0 saturated carbocycles. The van der Waals surface area contributed by atoms with Crippen LogP contribution in [0.4, 0.5) is 11.4 Å². The topological polar surface area (TPSA) is 80.0 Å². The first-order valence-corrected chi connectivity index (χ1v) is 10.5. The van der Waals surface area contributed by atoms with Crippen molar-refractivity contribution in [2.45, 2.75) is 6.42 Å². The number of amides is 1. The Bertz CT molecular complexity index is 959. The third-order valence-corrected chi connectivity index (χ3v) is 5.74. The Hall–Kier alpha value is -2.35. The molecule has 2 aromatic carbocycles. The van der Waals surface area contributed by atoms with Gasteiger partial charge in [-0.25, -0.2) is 0 Å². The number of aliphatic imine (C=N–C) groups is 1. The molecular formula is C20H20Cl2N4O2S. The van der Waals surface area contributed by atoms with Crippen LogP contribution in [0.1, 0.15) is 16.8 Å². The molecule has 0 bridgehead atoms. The predicted molar refractivity (Wildman–Crippen MR) is 123 cm³/mol. The van der Waals surface area contributed by atoms with E-state index in [0.717, 1.165) is 24.4 Å². The fourth-order valence-corrected chi connectivity index (χ4v) is 4.18. The molecule has 1 amide bonds. The number of nitrogens with one attached hydrogen (secondary N) is 1. The van der Waals surface area contributed by atoms with E-state index in [0.29, 0.717) is 32.8 Å². The molecule has 1 saturated heterocycles. The fraction of sp³-hybridized carbons (Fsp3) is 0.200.